The maximum atomic E-state index is 11.2. The summed E-state index contributed by atoms with van der Waals surface area (Å²) in [5.74, 6) is 0. The number of nitrogens with zero attached hydrogens (tertiary/aromatic N) is 5. The first-order valence-corrected chi connectivity index (χ1v) is 6.63. The quantitative estimate of drug-likeness (QED) is 0.624. The Morgan fingerprint density at radius 1 is 1.30 bits per heavy atom. The Kier molecular flexibility index (Phi) is 4.29. The van der Waals surface area contributed by atoms with Gasteiger partial charge < -0.3 is 0 Å². The number of rotatable bonds is 5. The Labute approximate surface area is 120 Å². The summed E-state index contributed by atoms with van der Waals surface area (Å²) in [6, 6.07) is 0. The smallest absolute Gasteiger partial charge is 0.258 e. The number of hydrogen-bond acceptors (Lipinski definition) is 5. The van der Waals surface area contributed by atoms with Crippen molar-refractivity contribution in [3.05, 3.63) is 44.7 Å². The molecule has 0 aliphatic carbocycles. The highest BCUT2D eigenvalue weighted by Gasteiger charge is 2.25. The van der Waals surface area contributed by atoms with E-state index in [0.717, 1.165) is 0 Å². The minimum atomic E-state index is -0.366. The highest BCUT2D eigenvalue weighted by Crippen LogP contribution is 2.25. The minimum Gasteiger partial charge on any atom is -0.258 e. The van der Waals surface area contributed by atoms with Crippen molar-refractivity contribution in [1.82, 2.24) is 19.7 Å². The van der Waals surface area contributed by atoms with Gasteiger partial charge in [0.25, 0.3) is 0 Å². The lowest BCUT2D eigenvalue weighted by molar-refractivity contribution is -0.386. The van der Waals surface area contributed by atoms with Gasteiger partial charge in [0.1, 0.15) is 16.5 Å². The van der Waals surface area contributed by atoms with Gasteiger partial charge in [-0.25, -0.2) is 4.98 Å². The van der Waals surface area contributed by atoms with E-state index in [1.165, 1.54) is 6.20 Å². The van der Waals surface area contributed by atoms with Crippen LogP contribution >= 0.6 is 11.6 Å². The third kappa shape index (κ3) is 2.77. The van der Waals surface area contributed by atoms with Crippen molar-refractivity contribution in [2.75, 3.05) is 0 Å². The summed E-state index contributed by atoms with van der Waals surface area (Å²) in [7, 11) is 0. The lowest BCUT2D eigenvalue weighted by Gasteiger charge is -2.04. The highest BCUT2D eigenvalue weighted by molar-refractivity contribution is 6.29. The van der Waals surface area contributed by atoms with Crippen LogP contribution in [0.1, 0.15) is 30.9 Å². The van der Waals surface area contributed by atoms with Crippen LogP contribution in [-0.4, -0.2) is 24.7 Å². The van der Waals surface area contributed by atoms with E-state index in [0.29, 0.717) is 41.6 Å². The molecule has 0 aliphatic heterocycles. The Balaban J connectivity index is 2.41. The first kappa shape index (κ1) is 14.4. The van der Waals surface area contributed by atoms with E-state index in [4.69, 9.17) is 11.6 Å². The fourth-order valence-corrected chi connectivity index (χ4v) is 2.14. The second-order valence-corrected chi connectivity index (χ2v) is 4.58. The van der Waals surface area contributed by atoms with Gasteiger partial charge in [0.05, 0.1) is 29.6 Å². The van der Waals surface area contributed by atoms with Crippen LogP contribution in [0.25, 0.3) is 0 Å². The molecule has 2 aromatic rings. The number of nitro groups is 1. The number of hydrogen-bond donors (Lipinski definition) is 0. The van der Waals surface area contributed by atoms with Gasteiger partial charge in [-0.1, -0.05) is 25.4 Å². The van der Waals surface area contributed by atoms with E-state index in [2.05, 4.69) is 15.1 Å². The molecule has 2 heterocycles. The van der Waals surface area contributed by atoms with Crippen LogP contribution < -0.4 is 0 Å². The molecular formula is C12H14ClN5O2. The first-order chi connectivity index (χ1) is 9.56. The van der Waals surface area contributed by atoms with Gasteiger partial charge >= 0.3 is 5.69 Å². The van der Waals surface area contributed by atoms with Crippen LogP contribution in [0.3, 0.4) is 0 Å². The van der Waals surface area contributed by atoms with E-state index >= 15 is 0 Å². The van der Waals surface area contributed by atoms with Crippen molar-refractivity contribution in [2.45, 2.75) is 33.2 Å². The predicted molar refractivity (Wildman–Crippen MR) is 73.8 cm³/mol. The van der Waals surface area contributed by atoms with Gasteiger partial charge in [0.2, 0.25) is 0 Å². The second-order valence-electron chi connectivity index (χ2n) is 4.19. The van der Waals surface area contributed by atoms with Crippen LogP contribution in [0.4, 0.5) is 5.69 Å². The Morgan fingerprint density at radius 2 is 2.05 bits per heavy atom. The summed E-state index contributed by atoms with van der Waals surface area (Å²) in [5.41, 5.74) is 1.86. The summed E-state index contributed by atoms with van der Waals surface area (Å²) >= 11 is 5.68. The zero-order valence-electron chi connectivity index (χ0n) is 11.2. The SMILES string of the molecule is CCc1nn(Cc2cnc(Cl)cn2)c(CC)c1[N+](=O)[O-]. The van der Waals surface area contributed by atoms with E-state index in [1.54, 1.807) is 10.9 Å². The highest BCUT2D eigenvalue weighted by atomic mass is 35.5. The van der Waals surface area contributed by atoms with Crippen molar-refractivity contribution in [1.29, 1.82) is 0 Å². The zero-order valence-corrected chi connectivity index (χ0v) is 12.0. The molecule has 8 heteroatoms. The number of aromatic nitrogens is 4. The average Bonchev–Trinajstić information content (AvgIpc) is 2.79. The molecule has 2 aromatic heterocycles. The topological polar surface area (TPSA) is 86.7 Å². The lowest BCUT2D eigenvalue weighted by atomic mass is 10.2. The number of halogens is 1. The third-order valence-electron chi connectivity index (χ3n) is 2.94. The van der Waals surface area contributed by atoms with Gasteiger partial charge in [-0.15, -0.1) is 0 Å². The third-order valence-corrected chi connectivity index (χ3v) is 3.13. The standard InChI is InChI=1S/C12H14ClN5O2/c1-3-9-12(18(19)20)10(4-2)17(16-9)7-8-5-15-11(13)6-14-8/h5-6H,3-4,7H2,1-2H3. The summed E-state index contributed by atoms with van der Waals surface area (Å²) in [6.07, 6.45) is 4.04. The molecule has 0 bridgehead atoms. The molecule has 0 saturated carbocycles. The molecule has 0 atom stereocenters. The average molecular weight is 296 g/mol. The van der Waals surface area contributed by atoms with Gasteiger partial charge in [-0.3, -0.25) is 19.8 Å². The summed E-state index contributed by atoms with van der Waals surface area (Å²) in [6.45, 7) is 4.06. The largest absolute Gasteiger partial charge is 0.313 e. The van der Waals surface area contributed by atoms with Crippen LogP contribution in [0.5, 0.6) is 0 Å². The minimum absolute atomic E-state index is 0.108. The van der Waals surface area contributed by atoms with Gasteiger partial charge in [0.15, 0.2) is 0 Å². The normalized spacial score (nSPS) is 10.8. The van der Waals surface area contributed by atoms with Crippen LogP contribution in [0.15, 0.2) is 12.4 Å². The molecule has 0 unspecified atom stereocenters. The van der Waals surface area contributed by atoms with Gasteiger partial charge in [-0.2, -0.15) is 5.10 Å². The monoisotopic (exact) mass is 295 g/mol. The van der Waals surface area contributed by atoms with E-state index in [1.807, 2.05) is 13.8 Å². The summed E-state index contributed by atoms with van der Waals surface area (Å²) in [4.78, 5) is 18.9. The van der Waals surface area contributed by atoms with E-state index < -0.39 is 0 Å². The molecule has 2 rings (SSSR count). The molecule has 20 heavy (non-hydrogen) atoms. The molecule has 0 aromatic carbocycles. The molecule has 0 fully saturated rings. The Hall–Kier alpha value is -2.02. The lowest BCUT2D eigenvalue weighted by Crippen LogP contribution is -2.08. The van der Waals surface area contributed by atoms with Crippen LogP contribution in [0.2, 0.25) is 5.15 Å². The summed E-state index contributed by atoms with van der Waals surface area (Å²) < 4.78 is 1.62. The van der Waals surface area contributed by atoms with Crippen molar-refractivity contribution in [3.63, 3.8) is 0 Å². The first-order valence-electron chi connectivity index (χ1n) is 6.26. The van der Waals surface area contributed by atoms with Crippen molar-refractivity contribution < 1.29 is 4.92 Å². The predicted octanol–water partition coefficient (Wildman–Crippen LogP) is 2.41. The molecule has 0 aliphatic rings. The van der Waals surface area contributed by atoms with Crippen LogP contribution in [0, 0.1) is 10.1 Å². The molecule has 0 saturated heterocycles. The molecule has 0 spiro atoms. The molecule has 0 amide bonds. The Morgan fingerprint density at radius 3 is 2.55 bits per heavy atom. The molecule has 0 N–H and O–H groups in total. The molecule has 106 valence electrons. The molecule has 7 nitrogen and oxygen atoms in total. The van der Waals surface area contributed by atoms with Crippen molar-refractivity contribution >= 4 is 17.3 Å². The van der Waals surface area contributed by atoms with E-state index in [9.17, 15) is 10.1 Å². The Bertz CT molecular complexity index is 624. The fourth-order valence-electron chi connectivity index (χ4n) is 2.05. The van der Waals surface area contributed by atoms with Gasteiger partial charge in [-0.05, 0) is 12.8 Å². The maximum Gasteiger partial charge on any atom is 0.313 e. The summed E-state index contributed by atoms with van der Waals surface area (Å²) in [5, 5.41) is 15.8. The van der Waals surface area contributed by atoms with E-state index in [-0.39, 0.29) is 10.6 Å². The maximum absolute atomic E-state index is 11.2. The van der Waals surface area contributed by atoms with Gasteiger partial charge in [0, 0.05) is 0 Å². The van der Waals surface area contributed by atoms with Crippen molar-refractivity contribution in [3.8, 4) is 0 Å². The van der Waals surface area contributed by atoms with Crippen LogP contribution in [-0.2, 0) is 19.4 Å². The number of aryl methyl sites for hydroxylation is 1. The zero-order chi connectivity index (χ0) is 14.7. The molecular weight excluding hydrogens is 282 g/mol. The second kappa shape index (κ2) is 5.96. The molecule has 0 radical (unpaired) electrons. The fraction of sp³-hybridized carbons (Fsp3) is 0.417. The van der Waals surface area contributed by atoms with Crippen molar-refractivity contribution in [2.24, 2.45) is 0 Å².